The van der Waals surface area contributed by atoms with Crippen molar-refractivity contribution in [3.63, 3.8) is 0 Å². The number of furan rings is 1. The van der Waals surface area contributed by atoms with Gasteiger partial charge in [0.25, 0.3) is 6.71 Å². The minimum atomic E-state index is -0.399. The molecule has 0 saturated heterocycles. The molecule has 16 rings (SSSR count). The average Bonchev–Trinajstić information content (AvgIpc) is 0.934. The topological polar surface area (TPSA) is 19.6 Å². The largest absolute Gasteiger partial charge is 0.455 e. The van der Waals surface area contributed by atoms with Gasteiger partial charge in [-0.3, -0.25) is 0 Å². The van der Waals surface area contributed by atoms with E-state index in [0.29, 0.717) is 0 Å². The van der Waals surface area contributed by atoms with Crippen molar-refractivity contribution in [1.29, 1.82) is 0 Å². The number of nitrogens with zero attached hydrogens (tertiary/aromatic N) is 2. The van der Waals surface area contributed by atoms with E-state index in [1.54, 1.807) is 0 Å². The van der Waals surface area contributed by atoms with E-state index in [0.717, 1.165) is 89.2 Å². The summed E-state index contributed by atoms with van der Waals surface area (Å²) in [6.45, 7) is 25.8. The van der Waals surface area contributed by atoms with E-state index in [-0.39, 0.29) is 23.0 Å². The number of rotatable bonds is 4. The first kappa shape index (κ1) is 56.3. The molecule has 12 aromatic carbocycles. The fourth-order valence-electron chi connectivity index (χ4n) is 14.7. The highest BCUT2D eigenvalue weighted by molar-refractivity contribution is 7.00. The zero-order chi connectivity index (χ0) is 62.5. The van der Waals surface area contributed by atoms with E-state index in [1.165, 1.54) is 77.8 Å². The first-order valence-corrected chi connectivity index (χ1v) is 32.5. The SMILES string of the molecule is CC(C)(C)c1cc2cc(c1)C(C)(C)c1cccc(c1)-c1cc(-c3ccccc3)cc(c1)N1c3cc(C(C)(C)C)ccc3B3c4ccc(C(C)(C)C)cc4N(c4cc(-c5ccccc5)cc(-c5ccccc5)c4)c4cc(cc1c43)-c1cc-2c2oc3ccccc3c2c1. The molecule has 0 N–H and O–H groups in total. The lowest BCUT2D eigenvalue weighted by molar-refractivity contribution is 0.582. The molecule has 13 aromatic rings. The van der Waals surface area contributed by atoms with Gasteiger partial charge in [0.2, 0.25) is 0 Å². The molecule has 0 unspecified atom stereocenters. The quantitative estimate of drug-likeness (QED) is 0.164. The van der Waals surface area contributed by atoms with Gasteiger partial charge in [0.05, 0.1) is 0 Å². The highest BCUT2D eigenvalue weighted by atomic mass is 16.3. The van der Waals surface area contributed by atoms with E-state index in [1.807, 2.05) is 0 Å². The molecule has 442 valence electrons. The molecule has 0 saturated carbocycles. The van der Waals surface area contributed by atoms with E-state index in [4.69, 9.17) is 4.42 Å². The smallest absolute Gasteiger partial charge is 0.252 e. The van der Waals surface area contributed by atoms with Crippen LogP contribution in [0.1, 0.15) is 104 Å². The molecule has 4 heteroatoms. The van der Waals surface area contributed by atoms with E-state index in [9.17, 15) is 0 Å². The fraction of sp³-hybridized carbons (Fsp3) is 0.172. The van der Waals surface area contributed by atoms with Gasteiger partial charge in [-0.15, -0.1) is 0 Å². The normalized spacial score (nSPS) is 13.9. The van der Waals surface area contributed by atoms with Crippen LogP contribution in [0.4, 0.5) is 34.1 Å². The standard InChI is InChI=1S/C87H75BN2O/c1-84(2,3)65-34-36-75-77(52-65)89(70-43-58(54-24-15-12-16-25-54)38-59(44-70)55-26-17-13-18-27-55)79-49-63-50-80-82(79)88(75)76-37-35-66(85(4,5)6)53-78(76)90(80)71-45-60(56-28-19-14-20-29-56)39-61(46-71)57-30-23-31-67(40-57)87(10,11)69-42-64(41-68(51-69)86(7,8)9)73-47-62(63)48-74-72-32-21-22-33-81(72)91-83(73)74/h12-53H,1-11H3. The predicted octanol–water partition coefficient (Wildman–Crippen LogP) is 22.2. The highest BCUT2D eigenvalue weighted by Crippen LogP contribution is 2.52. The van der Waals surface area contributed by atoms with Crippen LogP contribution < -0.4 is 26.2 Å². The van der Waals surface area contributed by atoms with Gasteiger partial charge in [-0.05, 0) is 201 Å². The second kappa shape index (κ2) is 20.6. The van der Waals surface area contributed by atoms with Gasteiger partial charge in [0.1, 0.15) is 11.2 Å². The zero-order valence-corrected chi connectivity index (χ0v) is 54.1. The van der Waals surface area contributed by atoms with E-state index < -0.39 is 5.41 Å². The Kier molecular flexibility index (Phi) is 12.7. The lowest BCUT2D eigenvalue weighted by Crippen LogP contribution is -2.61. The molecule has 1 aromatic heterocycles. The first-order chi connectivity index (χ1) is 43.7. The molecule has 91 heavy (non-hydrogen) atoms. The third-order valence-corrected chi connectivity index (χ3v) is 20.0. The Morgan fingerprint density at radius 1 is 0.319 bits per heavy atom. The molecule has 10 bridgehead atoms. The van der Waals surface area contributed by atoms with Gasteiger partial charge >= 0.3 is 0 Å². The maximum absolute atomic E-state index is 7.16. The number of hydrogen-bond donors (Lipinski definition) is 0. The van der Waals surface area contributed by atoms with Gasteiger partial charge in [0.15, 0.2) is 0 Å². The Bertz CT molecular complexity index is 5030. The first-order valence-electron chi connectivity index (χ1n) is 32.5. The molecule has 3 aliphatic heterocycles. The maximum atomic E-state index is 7.16. The van der Waals surface area contributed by atoms with Crippen molar-refractivity contribution in [1.82, 2.24) is 0 Å². The van der Waals surface area contributed by atoms with E-state index in [2.05, 4.69) is 341 Å². The summed E-state index contributed by atoms with van der Waals surface area (Å²) in [6, 6.07) is 97.6. The van der Waals surface area contributed by atoms with Gasteiger partial charge in [0, 0.05) is 55.9 Å². The third-order valence-electron chi connectivity index (χ3n) is 20.0. The highest BCUT2D eigenvalue weighted by Gasteiger charge is 2.45. The summed E-state index contributed by atoms with van der Waals surface area (Å²) in [5, 5.41) is 2.19. The maximum Gasteiger partial charge on any atom is 0.252 e. The summed E-state index contributed by atoms with van der Waals surface area (Å²) in [5.74, 6) is 0. The molecule has 3 aliphatic rings. The van der Waals surface area contributed by atoms with Crippen molar-refractivity contribution < 1.29 is 4.42 Å². The van der Waals surface area contributed by atoms with Crippen molar-refractivity contribution in [2.24, 2.45) is 0 Å². The molecular weight excluding hydrogens is 1100 g/mol. The predicted molar refractivity (Wildman–Crippen MR) is 389 cm³/mol. The van der Waals surface area contributed by atoms with Crippen LogP contribution in [0, 0.1) is 0 Å². The molecule has 4 heterocycles. The van der Waals surface area contributed by atoms with Crippen LogP contribution >= 0.6 is 0 Å². The monoisotopic (exact) mass is 1170 g/mol. The molecule has 0 fully saturated rings. The minimum Gasteiger partial charge on any atom is -0.455 e. The lowest BCUT2D eigenvalue weighted by atomic mass is 9.33. The number of anilines is 6. The van der Waals surface area contributed by atoms with Crippen molar-refractivity contribution in [3.8, 4) is 66.8 Å². The molecule has 0 spiro atoms. The molecule has 0 atom stereocenters. The van der Waals surface area contributed by atoms with Crippen molar-refractivity contribution in [3.05, 3.63) is 283 Å². The average molecular weight is 1180 g/mol. The third kappa shape index (κ3) is 9.47. The second-order valence-electron chi connectivity index (χ2n) is 29.5. The van der Waals surface area contributed by atoms with E-state index >= 15 is 0 Å². The summed E-state index contributed by atoms with van der Waals surface area (Å²) in [4.78, 5) is 5.29. The Morgan fingerprint density at radius 3 is 1.29 bits per heavy atom. The summed E-state index contributed by atoms with van der Waals surface area (Å²) >= 11 is 0. The Labute approximate surface area is 537 Å². The number of benzene rings is 12. The molecule has 0 aliphatic carbocycles. The van der Waals surface area contributed by atoms with Crippen LogP contribution in [-0.4, -0.2) is 6.71 Å². The number of fused-ring (bicyclic) bond motifs is 22. The summed E-state index contributed by atoms with van der Waals surface area (Å²) in [5.41, 5.74) is 31.8. The fourth-order valence-corrected chi connectivity index (χ4v) is 14.7. The minimum absolute atomic E-state index is 0.121. The van der Waals surface area contributed by atoms with Crippen LogP contribution in [0.5, 0.6) is 0 Å². The summed E-state index contributed by atoms with van der Waals surface area (Å²) in [7, 11) is 0. The van der Waals surface area contributed by atoms with Crippen molar-refractivity contribution in [2.45, 2.75) is 97.8 Å². The Morgan fingerprint density at radius 2 is 0.769 bits per heavy atom. The summed E-state index contributed by atoms with van der Waals surface area (Å²) < 4.78 is 7.16. The van der Waals surface area contributed by atoms with Gasteiger partial charge < -0.3 is 14.2 Å². The summed E-state index contributed by atoms with van der Waals surface area (Å²) in [6.07, 6.45) is 0. The van der Waals surface area contributed by atoms with Crippen LogP contribution in [0.25, 0.3) is 88.7 Å². The van der Waals surface area contributed by atoms with Gasteiger partial charge in [-0.1, -0.05) is 252 Å². The van der Waals surface area contributed by atoms with Crippen molar-refractivity contribution in [2.75, 3.05) is 9.80 Å². The Hall–Kier alpha value is -9.90. The van der Waals surface area contributed by atoms with Gasteiger partial charge in [-0.2, -0.15) is 0 Å². The van der Waals surface area contributed by atoms with Crippen LogP contribution in [0.2, 0.25) is 0 Å². The number of para-hydroxylation sites is 1. The lowest BCUT2D eigenvalue weighted by Gasteiger charge is -2.45. The molecule has 0 amide bonds. The van der Waals surface area contributed by atoms with Crippen LogP contribution in [0.15, 0.2) is 259 Å². The second-order valence-corrected chi connectivity index (χ2v) is 29.5. The molecular formula is C87H75BN2O. The molecule has 0 radical (unpaired) electrons. The molecule has 3 nitrogen and oxygen atoms in total. The Balaban J connectivity index is 1.10. The number of hydrogen-bond acceptors (Lipinski definition) is 3. The van der Waals surface area contributed by atoms with Crippen LogP contribution in [-0.2, 0) is 21.7 Å². The zero-order valence-electron chi connectivity index (χ0n) is 54.1. The van der Waals surface area contributed by atoms with Crippen LogP contribution in [0.3, 0.4) is 0 Å². The van der Waals surface area contributed by atoms with Gasteiger partial charge in [-0.25, -0.2) is 0 Å². The van der Waals surface area contributed by atoms with Crippen molar-refractivity contribution >= 4 is 79.2 Å².